The monoisotopic (exact) mass is 514 g/mol. The smallest absolute Gasteiger partial charge is 0.274 e. The Morgan fingerprint density at radius 1 is 1.09 bits per heavy atom. The van der Waals surface area contributed by atoms with Gasteiger partial charge in [-0.25, -0.2) is 17.8 Å². The van der Waals surface area contributed by atoms with Crippen LogP contribution in [0.4, 0.5) is 17.6 Å². The number of alkyl halides is 3. The number of hydrogen-bond acceptors (Lipinski definition) is 6. The lowest BCUT2D eigenvalue weighted by Gasteiger charge is -2.11. The Kier molecular flexibility index (Phi) is 6.05. The summed E-state index contributed by atoms with van der Waals surface area (Å²) < 4.78 is 79.5. The Hall–Kier alpha value is -2.77. The van der Waals surface area contributed by atoms with Crippen molar-refractivity contribution in [3.05, 3.63) is 65.4 Å². The second kappa shape index (κ2) is 8.54. The number of nitrogens with zero attached hydrogens (tertiary/aromatic N) is 4. The fourth-order valence-electron chi connectivity index (χ4n) is 3.07. The number of thioether (sulfide) groups is 1. The highest BCUT2D eigenvalue weighted by Crippen LogP contribution is 2.37. The molecule has 1 aromatic carbocycles. The van der Waals surface area contributed by atoms with E-state index in [2.05, 4.69) is 10.1 Å². The molecule has 0 saturated heterocycles. The summed E-state index contributed by atoms with van der Waals surface area (Å²) in [5.41, 5.74) is -3.28. The lowest BCUT2D eigenvalue weighted by atomic mass is 10.1. The topological polar surface area (TPSA) is 69.3 Å². The van der Waals surface area contributed by atoms with Crippen molar-refractivity contribution in [3.8, 4) is 16.9 Å². The van der Waals surface area contributed by atoms with Gasteiger partial charge in [0, 0.05) is 22.9 Å². The number of halogens is 4. The quantitative estimate of drug-likeness (QED) is 0.200. The normalized spacial score (nSPS) is 12.4. The summed E-state index contributed by atoms with van der Waals surface area (Å²) in [6, 6.07) is 9.45. The molecule has 0 unspecified atom stereocenters. The highest BCUT2D eigenvalue weighted by Gasteiger charge is 2.29. The first-order chi connectivity index (χ1) is 15.5. The van der Waals surface area contributed by atoms with Crippen LogP contribution in [0.5, 0.6) is 0 Å². The predicted molar refractivity (Wildman–Crippen MR) is 118 cm³/mol. The molecular formula is C20H14F4N4O2S3. The molecule has 0 N–H and O–H groups in total. The van der Waals surface area contributed by atoms with E-state index in [1.54, 1.807) is 0 Å². The van der Waals surface area contributed by atoms with Crippen molar-refractivity contribution in [2.45, 2.75) is 22.2 Å². The van der Waals surface area contributed by atoms with Gasteiger partial charge in [0.15, 0.2) is 21.3 Å². The van der Waals surface area contributed by atoms with Crippen molar-refractivity contribution in [2.24, 2.45) is 0 Å². The maximum atomic E-state index is 13.3. The number of sulfone groups is 1. The fraction of sp³-hybridized carbons (Fsp3) is 0.150. The van der Waals surface area contributed by atoms with Crippen LogP contribution in [0.3, 0.4) is 0 Å². The number of hydrogen-bond donors (Lipinski definition) is 0. The number of pyridine rings is 2. The number of benzene rings is 1. The largest absolute Gasteiger partial charge is 0.446 e. The molecule has 33 heavy (non-hydrogen) atoms. The average molecular weight is 515 g/mol. The van der Waals surface area contributed by atoms with Gasteiger partial charge in [-0.05, 0) is 59.9 Å². The molecule has 4 rings (SSSR count). The van der Waals surface area contributed by atoms with Crippen molar-refractivity contribution in [1.29, 1.82) is 0 Å². The first-order valence-corrected chi connectivity index (χ1v) is 12.2. The Labute approximate surface area is 194 Å². The second-order valence-corrected chi connectivity index (χ2v) is 10.5. The van der Waals surface area contributed by atoms with E-state index in [9.17, 15) is 26.0 Å². The van der Waals surface area contributed by atoms with E-state index in [1.165, 1.54) is 66.2 Å². The zero-order valence-electron chi connectivity index (χ0n) is 16.7. The molecule has 3 heterocycles. The molecule has 0 amide bonds. The standard InChI is InChI=1S/C20H14F4N4O2S3/c1-2-33(29,30)16-9-13(12-3-5-14(21)6-4-12)10-25-18(16)28-19(31)27-11-15(32-20(22,23)24)7-8-17(27)26-28/h3-11H,2H2,1H3. The van der Waals surface area contributed by atoms with E-state index in [0.717, 1.165) is 4.68 Å². The summed E-state index contributed by atoms with van der Waals surface area (Å²) in [4.78, 5) is 4.00. The first kappa shape index (κ1) is 23.4. The third kappa shape index (κ3) is 4.80. The van der Waals surface area contributed by atoms with Crippen LogP contribution in [0.1, 0.15) is 6.92 Å². The fourth-order valence-corrected chi connectivity index (χ4v) is 4.94. The van der Waals surface area contributed by atoms with Gasteiger partial charge in [0.2, 0.25) is 4.77 Å². The molecule has 4 aromatic rings. The van der Waals surface area contributed by atoms with Crippen LogP contribution in [0, 0.1) is 10.6 Å². The molecule has 0 atom stereocenters. The lowest BCUT2D eigenvalue weighted by molar-refractivity contribution is -0.0328. The van der Waals surface area contributed by atoms with Crippen molar-refractivity contribution < 1.29 is 26.0 Å². The molecule has 0 fully saturated rings. The number of fused-ring (bicyclic) bond motifs is 1. The Bertz CT molecular complexity index is 1510. The zero-order valence-corrected chi connectivity index (χ0v) is 19.2. The van der Waals surface area contributed by atoms with E-state index < -0.39 is 21.2 Å². The highest BCUT2D eigenvalue weighted by atomic mass is 32.2. The molecule has 3 aromatic heterocycles. The summed E-state index contributed by atoms with van der Waals surface area (Å²) in [7, 11) is -3.81. The van der Waals surface area contributed by atoms with E-state index in [4.69, 9.17) is 12.2 Å². The van der Waals surface area contributed by atoms with Gasteiger partial charge in [-0.15, -0.1) is 5.10 Å². The molecule has 13 heteroatoms. The van der Waals surface area contributed by atoms with Gasteiger partial charge >= 0.3 is 5.51 Å². The molecule has 0 radical (unpaired) electrons. The first-order valence-electron chi connectivity index (χ1n) is 9.35. The van der Waals surface area contributed by atoms with Crippen LogP contribution >= 0.6 is 24.0 Å². The SMILES string of the molecule is CCS(=O)(=O)c1cc(-c2ccc(F)cc2)cnc1-n1nc2ccc(SC(F)(F)F)cn2c1=S. The van der Waals surface area contributed by atoms with Crippen LogP contribution < -0.4 is 0 Å². The third-order valence-electron chi connectivity index (χ3n) is 4.65. The Morgan fingerprint density at radius 2 is 1.79 bits per heavy atom. The predicted octanol–water partition coefficient (Wildman–Crippen LogP) is 5.46. The van der Waals surface area contributed by atoms with Gasteiger partial charge in [0.05, 0.1) is 5.75 Å². The molecule has 0 spiro atoms. The molecule has 172 valence electrons. The van der Waals surface area contributed by atoms with E-state index >= 15 is 0 Å². The highest BCUT2D eigenvalue weighted by molar-refractivity contribution is 8.00. The summed E-state index contributed by atoms with van der Waals surface area (Å²) >= 11 is 5.06. The van der Waals surface area contributed by atoms with Gasteiger partial charge in [-0.3, -0.25) is 4.40 Å². The molecule has 0 aliphatic heterocycles. The van der Waals surface area contributed by atoms with Crippen LogP contribution in [-0.4, -0.2) is 38.8 Å². The van der Waals surface area contributed by atoms with Crippen molar-refractivity contribution >= 4 is 39.5 Å². The molecule has 0 aliphatic carbocycles. The van der Waals surface area contributed by atoms with Crippen molar-refractivity contribution in [3.63, 3.8) is 0 Å². The summed E-state index contributed by atoms with van der Waals surface area (Å²) in [5, 5.41) is 4.25. The maximum absolute atomic E-state index is 13.3. The second-order valence-electron chi connectivity index (χ2n) is 6.79. The summed E-state index contributed by atoms with van der Waals surface area (Å²) in [5.74, 6) is -0.757. The Balaban J connectivity index is 1.90. The van der Waals surface area contributed by atoms with E-state index in [0.29, 0.717) is 11.1 Å². The minimum absolute atomic E-state index is 0.0517. The molecule has 0 bridgehead atoms. The van der Waals surface area contributed by atoms with Crippen LogP contribution in [0.25, 0.3) is 22.6 Å². The Morgan fingerprint density at radius 3 is 2.42 bits per heavy atom. The maximum Gasteiger partial charge on any atom is 0.446 e. The summed E-state index contributed by atoms with van der Waals surface area (Å²) in [6.07, 6.45) is 2.58. The minimum Gasteiger partial charge on any atom is -0.274 e. The van der Waals surface area contributed by atoms with Crippen LogP contribution in [-0.2, 0) is 9.84 Å². The summed E-state index contributed by atoms with van der Waals surface area (Å²) in [6.45, 7) is 1.47. The molecule has 6 nitrogen and oxygen atoms in total. The van der Waals surface area contributed by atoms with E-state index in [1.807, 2.05) is 0 Å². The van der Waals surface area contributed by atoms with Crippen molar-refractivity contribution in [1.82, 2.24) is 19.2 Å². The molecule has 0 saturated carbocycles. The van der Waals surface area contributed by atoms with Crippen molar-refractivity contribution in [2.75, 3.05) is 5.75 Å². The zero-order chi connectivity index (χ0) is 24.0. The molecular weight excluding hydrogens is 500 g/mol. The molecule has 0 aliphatic rings. The van der Waals surface area contributed by atoms with Gasteiger partial charge in [0.1, 0.15) is 10.7 Å². The number of rotatable bonds is 5. The average Bonchev–Trinajstić information content (AvgIpc) is 3.08. The van der Waals surface area contributed by atoms with Crippen LogP contribution in [0.15, 0.2) is 64.6 Å². The third-order valence-corrected chi connectivity index (χ3v) is 7.46. The van der Waals surface area contributed by atoms with Gasteiger partial charge in [0.25, 0.3) is 0 Å². The number of aromatic nitrogens is 4. The van der Waals surface area contributed by atoms with Gasteiger partial charge in [-0.1, -0.05) is 19.1 Å². The van der Waals surface area contributed by atoms with E-state index in [-0.39, 0.29) is 43.5 Å². The minimum atomic E-state index is -4.48. The van der Waals surface area contributed by atoms with Gasteiger partial charge in [-0.2, -0.15) is 17.9 Å². The van der Waals surface area contributed by atoms with Crippen LogP contribution in [0.2, 0.25) is 0 Å². The van der Waals surface area contributed by atoms with Gasteiger partial charge < -0.3 is 0 Å². The lowest BCUT2D eigenvalue weighted by Crippen LogP contribution is -2.12.